The highest BCUT2D eigenvalue weighted by atomic mass is 35.5. The van der Waals surface area contributed by atoms with Crippen LogP contribution in [0.5, 0.6) is 5.88 Å². The first-order chi connectivity index (χ1) is 24.6. The van der Waals surface area contributed by atoms with Gasteiger partial charge in [0.25, 0.3) is 14.2 Å². The fourth-order valence-electron chi connectivity index (χ4n) is 6.08. The lowest BCUT2D eigenvalue weighted by atomic mass is 10.2. The normalized spacial score (nSPS) is 12.5. The van der Waals surface area contributed by atoms with Gasteiger partial charge in [0.05, 0.1) is 36.7 Å². The van der Waals surface area contributed by atoms with Crippen molar-refractivity contribution < 1.29 is 23.1 Å². The molecular formula is C38H38ClFN6O4Si. The van der Waals surface area contributed by atoms with E-state index in [1.54, 1.807) is 31.2 Å². The fourth-order valence-corrected chi connectivity index (χ4v) is 10.7. The van der Waals surface area contributed by atoms with Crippen LogP contribution in [0.1, 0.15) is 26.3 Å². The quantitative estimate of drug-likeness (QED) is 0.109. The van der Waals surface area contributed by atoms with Crippen LogP contribution in [-0.2, 0) is 14.0 Å². The lowest BCUT2D eigenvalue weighted by Crippen LogP contribution is -2.66. The Balaban J connectivity index is 1.23. The molecule has 6 rings (SSSR count). The number of fused-ring (bicyclic) bond motifs is 1. The zero-order valence-electron chi connectivity index (χ0n) is 28.7. The summed E-state index contributed by atoms with van der Waals surface area (Å²) in [6, 6.07) is 28.6. The maximum atomic E-state index is 14.4. The van der Waals surface area contributed by atoms with Crippen LogP contribution < -0.4 is 20.4 Å². The molecule has 0 aliphatic carbocycles. The molecule has 3 aromatic heterocycles. The summed E-state index contributed by atoms with van der Waals surface area (Å²) in [7, 11) is -2.79. The van der Waals surface area contributed by atoms with Crippen LogP contribution in [0.2, 0.25) is 10.1 Å². The SMILES string of the molecule is Cc1c(F)cccc1-n1ncc2c(OC(COCCO[Si](c3ccccc3)(c3ccccc3)C(C)(C)C)C(=O)Nc3ccc(Cl)cn3)ncnc21. The van der Waals surface area contributed by atoms with Gasteiger partial charge < -0.3 is 19.2 Å². The number of nitrogens with zero attached hydrogens (tertiary/aromatic N) is 5. The Morgan fingerprint density at radius 3 is 2.25 bits per heavy atom. The number of benzene rings is 3. The summed E-state index contributed by atoms with van der Waals surface area (Å²) in [6.45, 7) is 8.62. The van der Waals surface area contributed by atoms with Crippen LogP contribution >= 0.6 is 11.6 Å². The average molecular weight is 725 g/mol. The van der Waals surface area contributed by atoms with Gasteiger partial charge in [-0.05, 0) is 46.6 Å². The third kappa shape index (κ3) is 7.69. The van der Waals surface area contributed by atoms with Crippen molar-refractivity contribution in [2.45, 2.75) is 38.8 Å². The van der Waals surface area contributed by atoms with Gasteiger partial charge in [-0.25, -0.2) is 24.0 Å². The third-order valence-corrected chi connectivity index (χ3v) is 13.8. The molecule has 0 saturated carbocycles. The Labute approximate surface area is 301 Å². The van der Waals surface area contributed by atoms with Gasteiger partial charge in [0.1, 0.15) is 23.3 Å². The standard InChI is InChI=1S/C38H38ClFN6O4Si/c1-26-31(40)16-11-17-32(26)46-35-30(23-44-46)37(43-25-42-35)50-33(36(47)45-34-19-18-27(39)22-41-34)24-48-20-21-49-51(38(2,3)4,28-12-7-5-8-13-28)29-14-9-6-10-15-29/h5-19,22-23,25,33H,20-21,24H2,1-4H3,(H,41,45,47). The first kappa shape index (κ1) is 35.8. The van der Waals surface area contributed by atoms with E-state index in [1.165, 1.54) is 29.5 Å². The van der Waals surface area contributed by atoms with Crippen molar-refractivity contribution in [2.75, 3.05) is 25.1 Å². The molecule has 1 amide bonds. The van der Waals surface area contributed by atoms with Gasteiger partial charge in [-0.15, -0.1) is 0 Å². The first-order valence-electron chi connectivity index (χ1n) is 16.4. The number of pyridine rings is 1. The largest absolute Gasteiger partial charge is 0.461 e. The molecule has 1 N–H and O–H groups in total. The van der Waals surface area contributed by atoms with E-state index >= 15 is 0 Å². The van der Waals surface area contributed by atoms with E-state index < -0.39 is 20.3 Å². The second kappa shape index (κ2) is 15.5. The highest BCUT2D eigenvalue weighted by molar-refractivity contribution is 6.99. The molecule has 0 radical (unpaired) electrons. The van der Waals surface area contributed by atoms with Gasteiger partial charge in [-0.1, -0.05) is 99.1 Å². The second-order valence-corrected chi connectivity index (χ2v) is 17.6. The van der Waals surface area contributed by atoms with Crippen LogP contribution in [0.3, 0.4) is 0 Å². The highest BCUT2D eigenvalue weighted by Crippen LogP contribution is 2.36. The predicted octanol–water partition coefficient (Wildman–Crippen LogP) is 6.29. The van der Waals surface area contributed by atoms with Crippen LogP contribution in [-0.4, -0.2) is 64.9 Å². The number of carbonyl (C=O) groups excluding carboxylic acids is 1. The van der Waals surface area contributed by atoms with E-state index in [2.05, 4.69) is 70.4 Å². The van der Waals surface area contributed by atoms with Gasteiger partial charge in [-0.3, -0.25) is 4.79 Å². The summed E-state index contributed by atoms with van der Waals surface area (Å²) in [5.41, 5.74) is 1.30. The monoisotopic (exact) mass is 724 g/mol. The number of anilines is 1. The van der Waals surface area contributed by atoms with E-state index in [0.29, 0.717) is 27.3 Å². The summed E-state index contributed by atoms with van der Waals surface area (Å²) in [4.78, 5) is 26.5. The van der Waals surface area contributed by atoms with E-state index in [4.69, 9.17) is 25.5 Å². The molecule has 1 atom stereocenters. The van der Waals surface area contributed by atoms with Crippen molar-refractivity contribution in [2.24, 2.45) is 0 Å². The van der Waals surface area contributed by atoms with Gasteiger partial charge >= 0.3 is 0 Å². The molecule has 3 heterocycles. The lowest BCUT2D eigenvalue weighted by Gasteiger charge is -2.43. The van der Waals surface area contributed by atoms with Crippen LogP contribution in [0.4, 0.5) is 10.2 Å². The molecule has 10 nitrogen and oxygen atoms in total. The summed E-state index contributed by atoms with van der Waals surface area (Å²) >= 11 is 6.00. The lowest BCUT2D eigenvalue weighted by molar-refractivity contribution is -0.125. The number of hydrogen-bond acceptors (Lipinski definition) is 8. The maximum absolute atomic E-state index is 14.4. The van der Waals surface area contributed by atoms with Gasteiger partial charge in [0.2, 0.25) is 12.0 Å². The third-order valence-electron chi connectivity index (χ3n) is 8.55. The van der Waals surface area contributed by atoms with Crippen molar-refractivity contribution in [3.8, 4) is 11.6 Å². The van der Waals surface area contributed by atoms with Crippen LogP contribution in [0.25, 0.3) is 16.7 Å². The summed E-state index contributed by atoms with van der Waals surface area (Å²) in [6.07, 6.45) is 3.09. The Bertz CT molecular complexity index is 2060. The zero-order valence-corrected chi connectivity index (χ0v) is 30.5. The van der Waals surface area contributed by atoms with Crippen molar-refractivity contribution in [3.63, 3.8) is 0 Å². The second-order valence-electron chi connectivity index (χ2n) is 12.9. The number of aromatic nitrogens is 5. The van der Waals surface area contributed by atoms with Crippen LogP contribution in [0.15, 0.2) is 110 Å². The maximum Gasteiger partial charge on any atom is 0.269 e. The van der Waals surface area contributed by atoms with E-state index in [-0.39, 0.29) is 42.4 Å². The summed E-state index contributed by atoms with van der Waals surface area (Å²) in [5, 5.41) is 10.2. The molecule has 13 heteroatoms. The number of carbonyl (C=O) groups is 1. The summed E-state index contributed by atoms with van der Waals surface area (Å²) in [5.74, 6) is -0.491. The van der Waals surface area contributed by atoms with E-state index in [0.717, 1.165) is 10.4 Å². The molecule has 0 fully saturated rings. The van der Waals surface area contributed by atoms with E-state index in [1.807, 2.05) is 36.4 Å². The molecule has 262 valence electrons. The molecule has 0 spiro atoms. The van der Waals surface area contributed by atoms with Gasteiger partial charge in [0.15, 0.2) is 5.65 Å². The Morgan fingerprint density at radius 1 is 0.902 bits per heavy atom. The molecule has 0 aliphatic heterocycles. The molecule has 1 unspecified atom stereocenters. The minimum Gasteiger partial charge on any atom is -0.461 e. The number of halogens is 2. The van der Waals surface area contributed by atoms with Crippen molar-refractivity contribution in [1.82, 2.24) is 24.7 Å². The Kier molecular flexibility index (Phi) is 10.9. The molecule has 0 aliphatic rings. The van der Waals surface area contributed by atoms with Crippen molar-refractivity contribution >= 4 is 53.1 Å². The van der Waals surface area contributed by atoms with Crippen LogP contribution in [0, 0.1) is 12.7 Å². The number of nitrogens with one attached hydrogen (secondary N) is 1. The Hall–Kier alpha value is -5.01. The number of amides is 1. The first-order valence-corrected chi connectivity index (χ1v) is 18.7. The highest BCUT2D eigenvalue weighted by Gasteiger charge is 2.50. The number of hydrogen-bond donors (Lipinski definition) is 1. The zero-order chi connectivity index (χ0) is 36.0. The molecule has 3 aromatic carbocycles. The Morgan fingerprint density at radius 2 is 1.61 bits per heavy atom. The molecule has 0 saturated heterocycles. The average Bonchev–Trinajstić information content (AvgIpc) is 3.56. The molecular weight excluding hydrogens is 687 g/mol. The minimum absolute atomic E-state index is 0.108. The topological polar surface area (TPSA) is 113 Å². The number of rotatable bonds is 13. The smallest absolute Gasteiger partial charge is 0.269 e. The molecule has 0 bridgehead atoms. The van der Waals surface area contributed by atoms with Gasteiger partial charge in [-0.2, -0.15) is 5.10 Å². The van der Waals surface area contributed by atoms with Crippen molar-refractivity contribution in [1.29, 1.82) is 0 Å². The number of ether oxygens (including phenoxy) is 2. The summed E-state index contributed by atoms with van der Waals surface area (Å²) < 4.78 is 35.2. The fraction of sp³-hybridized carbons (Fsp3) is 0.237. The predicted molar refractivity (Wildman–Crippen MR) is 198 cm³/mol. The molecule has 51 heavy (non-hydrogen) atoms. The van der Waals surface area contributed by atoms with Crippen molar-refractivity contribution in [3.05, 3.63) is 126 Å². The van der Waals surface area contributed by atoms with Gasteiger partial charge in [0, 0.05) is 11.8 Å². The minimum atomic E-state index is -2.79. The molecule has 6 aromatic rings. The van der Waals surface area contributed by atoms with E-state index in [9.17, 15) is 9.18 Å².